The number of aromatic nitrogens is 3. The van der Waals surface area contributed by atoms with Crippen LogP contribution in [0.15, 0.2) is 70.2 Å². The van der Waals surface area contributed by atoms with Crippen molar-refractivity contribution < 1.29 is 0 Å². The number of hydrogen-bond acceptors (Lipinski definition) is 4. The lowest BCUT2D eigenvalue weighted by molar-refractivity contribution is 0.727. The molecule has 0 radical (unpaired) electrons. The van der Waals surface area contributed by atoms with Gasteiger partial charge in [-0.15, -0.1) is 0 Å². The van der Waals surface area contributed by atoms with Gasteiger partial charge in [0, 0.05) is 48.6 Å². The van der Waals surface area contributed by atoms with Gasteiger partial charge >= 0.3 is 0 Å². The highest BCUT2D eigenvalue weighted by Gasteiger charge is 2.19. The third-order valence-electron chi connectivity index (χ3n) is 4.72. The molecule has 1 aliphatic rings. The van der Waals surface area contributed by atoms with E-state index in [0.717, 1.165) is 29.5 Å². The third kappa shape index (κ3) is 3.71. The molecule has 2 aromatic heterocycles. The standard InChI is InChI=1S/C21H19BrN4O/c1-25-20(27)13-19(15-7-9-23-10-8-15)24-21(25)26-11-3-5-17(14-26)16-4-2-6-18(22)12-16/h2,4-10,12-13H,3,11,14H2,1H3. The van der Waals surface area contributed by atoms with Crippen LogP contribution in [0.4, 0.5) is 5.95 Å². The molecule has 0 spiro atoms. The van der Waals surface area contributed by atoms with E-state index in [9.17, 15) is 4.79 Å². The van der Waals surface area contributed by atoms with Crippen molar-refractivity contribution in [1.82, 2.24) is 14.5 Å². The highest BCUT2D eigenvalue weighted by Crippen LogP contribution is 2.26. The predicted molar refractivity (Wildman–Crippen MR) is 112 cm³/mol. The Hall–Kier alpha value is -2.73. The van der Waals surface area contributed by atoms with Crippen LogP contribution in [0.5, 0.6) is 0 Å². The molecular formula is C21H19BrN4O. The van der Waals surface area contributed by atoms with Gasteiger partial charge in [0.1, 0.15) is 0 Å². The second-order valence-electron chi connectivity index (χ2n) is 6.52. The highest BCUT2D eigenvalue weighted by molar-refractivity contribution is 9.10. The van der Waals surface area contributed by atoms with Crippen LogP contribution in [0.25, 0.3) is 16.8 Å². The minimum Gasteiger partial charge on any atom is -0.338 e. The van der Waals surface area contributed by atoms with Crippen LogP contribution >= 0.6 is 15.9 Å². The smallest absolute Gasteiger partial charge is 0.255 e. The van der Waals surface area contributed by atoms with E-state index in [1.807, 2.05) is 24.3 Å². The number of rotatable bonds is 3. The van der Waals surface area contributed by atoms with Crippen LogP contribution in [0, 0.1) is 0 Å². The van der Waals surface area contributed by atoms with Crippen LogP contribution in [-0.4, -0.2) is 27.6 Å². The molecular weight excluding hydrogens is 404 g/mol. The zero-order valence-corrected chi connectivity index (χ0v) is 16.6. The molecule has 0 fully saturated rings. The summed E-state index contributed by atoms with van der Waals surface area (Å²) in [5, 5.41) is 0. The van der Waals surface area contributed by atoms with Crippen LogP contribution in [0.1, 0.15) is 12.0 Å². The van der Waals surface area contributed by atoms with Gasteiger partial charge in [-0.2, -0.15) is 0 Å². The summed E-state index contributed by atoms with van der Waals surface area (Å²) >= 11 is 3.54. The summed E-state index contributed by atoms with van der Waals surface area (Å²) in [6, 6.07) is 13.6. The minimum atomic E-state index is -0.0645. The third-order valence-corrected chi connectivity index (χ3v) is 5.21. The quantitative estimate of drug-likeness (QED) is 0.642. The normalized spacial score (nSPS) is 14.1. The fourth-order valence-corrected chi connectivity index (χ4v) is 3.69. The molecule has 27 heavy (non-hydrogen) atoms. The van der Waals surface area contributed by atoms with Gasteiger partial charge in [-0.3, -0.25) is 14.3 Å². The molecule has 0 bridgehead atoms. The topological polar surface area (TPSA) is 51.0 Å². The average Bonchev–Trinajstić information content (AvgIpc) is 2.71. The molecule has 6 heteroatoms. The molecule has 0 saturated heterocycles. The van der Waals surface area contributed by atoms with E-state index in [4.69, 9.17) is 4.98 Å². The first-order valence-electron chi connectivity index (χ1n) is 8.80. The monoisotopic (exact) mass is 422 g/mol. The summed E-state index contributed by atoms with van der Waals surface area (Å²) < 4.78 is 2.68. The van der Waals surface area contributed by atoms with Gasteiger partial charge in [0.05, 0.1) is 5.69 Å². The molecule has 1 aromatic carbocycles. The lowest BCUT2D eigenvalue weighted by Gasteiger charge is -2.30. The van der Waals surface area contributed by atoms with Crippen molar-refractivity contribution >= 4 is 27.5 Å². The number of anilines is 1. The maximum Gasteiger partial charge on any atom is 0.255 e. The van der Waals surface area contributed by atoms with Crippen molar-refractivity contribution in [3.8, 4) is 11.3 Å². The molecule has 0 N–H and O–H groups in total. The van der Waals surface area contributed by atoms with E-state index in [2.05, 4.69) is 44.0 Å². The zero-order chi connectivity index (χ0) is 18.8. The van der Waals surface area contributed by atoms with Crippen LogP contribution in [-0.2, 0) is 7.05 Å². The van der Waals surface area contributed by atoms with E-state index < -0.39 is 0 Å². The second kappa shape index (κ2) is 7.48. The fraction of sp³-hybridized carbons (Fsp3) is 0.190. The van der Waals surface area contributed by atoms with Crippen molar-refractivity contribution in [2.45, 2.75) is 6.42 Å². The Kier molecular flexibility index (Phi) is 4.90. The van der Waals surface area contributed by atoms with Gasteiger partial charge in [0.25, 0.3) is 5.56 Å². The first-order valence-corrected chi connectivity index (χ1v) is 9.59. The number of hydrogen-bond donors (Lipinski definition) is 0. The summed E-state index contributed by atoms with van der Waals surface area (Å²) in [7, 11) is 1.78. The molecule has 0 amide bonds. The van der Waals surface area contributed by atoms with Crippen LogP contribution in [0.3, 0.4) is 0 Å². The largest absolute Gasteiger partial charge is 0.338 e. The van der Waals surface area contributed by atoms with Crippen molar-refractivity contribution in [3.05, 3.63) is 81.3 Å². The van der Waals surface area contributed by atoms with Gasteiger partial charge < -0.3 is 4.90 Å². The first-order chi connectivity index (χ1) is 13.1. The molecule has 0 unspecified atom stereocenters. The van der Waals surface area contributed by atoms with Gasteiger partial charge in [-0.25, -0.2) is 4.98 Å². The zero-order valence-electron chi connectivity index (χ0n) is 15.0. The molecule has 0 aliphatic carbocycles. The Morgan fingerprint density at radius 3 is 2.67 bits per heavy atom. The molecule has 0 atom stereocenters. The van der Waals surface area contributed by atoms with Crippen LogP contribution in [0.2, 0.25) is 0 Å². The maximum atomic E-state index is 12.5. The van der Waals surface area contributed by atoms with Gasteiger partial charge in [0.2, 0.25) is 5.95 Å². The van der Waals surface area contributed by atoms with Crippen molar-refractivity contribution in [2.24, 2.45) is 7.05 Å². The number of benzene rings is 1. The highest BCUT2D eigenvalue weighted by atomic mass is 79.9. The Morgan fingerprint density at radius 2 is 1.89 bits per heavy atom. The Labute approximate surface area is 166 Å². The molecule has 3 aromatic rings. The van der Waals surface area contributed by atoms with E-state index in [1.54, 1.807) is 30.1 Å². The van der Waals surface area contributed by atoms with Gasteiger partial charge in [0.15, 0.2) is 0 Å². The van der Waals surface area contributed by atoms with Gasteiger partial charge in [-0.1, -0.05) is 34.1 Å². The molecule has 1 aliphatic heterocycles. The second-order valence-corrected chi connectivity index (χ2v) is 7.44. The Balaban J connectivity index is 1.70. The lowest BCUT2D eigenvalue weighted by atomic mass is 10.0. The van der Waals surface area contributed by atoms with Gasteiger partial charge in [-0.05, 0) is 41.8 Å². The van der Waals surface area contributed by atoms with E-state index in [1.165, 1.54) is 11.1 Å². The van der Waals surface area contributed by atoms with Crippen molar-refractivity contribution in [1.29, 1.82) is 0 Å². The SMILES string of the molecule is Cn1c(N2CCC=C(c3cccc(Br)c3)C2)nc(-c2ccncc2)cc1=O. The molecule has 136 valence electrons. The number of nitrogens with zero attached hydrogens (tertiary/aromatic N) is 4. The number of halogens is 1. The number of pyridine rings is 1. The summed E-state index contributed by atoms with van der Waals surface area (Å²) in [5.41, 5.74) is 3.93. The van der Waals surface area contributed by atoms with Crippen LogP contribution < -0.4 is 10.5 Å². The Bertz CT molecular complexity index is 1060. The van der Waals surface area contributed by atoms with Crippen molar-refractivity contribution in [2.75, 3.05) is 18.0 Å². The molecule has 4 rings (SSSR count). The first kappa shape index (κ1) is 17.7. The summed E-state index contributed by atoms with van der Waals surface area (Å²) in [5.74, 6) is 0.690. The lowest BCUT2D eigenvalue weighted by Crippen LogP contribution is -2.35. The Morgan fingerprint density at radius 1 is 1.07 bits per heavy atom. The van der Waals surface area contributed by atoms with Crippen molar-refractivity contribution in [3.63, 3.8) is 0 Å². The van der Waals surface area contributed by atoms with E-state index in [0.29, 0.717) is 11.6 Å². The summed E-state index contributed by atoms with van der Waals surface area (Å²) in [4.78, 5) is 23.5. The van der Waals surface area contributed by atoms with E-state index >= 15 is 0 Å². The predicted octanol–water partition coefficient (Wildman–Crippen LogP) is 3.90. The maximum absolute atomic E-state index is 12.5. The average molecular weight is 423 g/mol. The summed E-state index contributed by atoms with van der Waals surface area (Å²) in [6.07, 6.45) is 6.60. The fourth-order valence-electron chi connectivity index (χ4n) is 3.29. The molecule has 3 heterocycles. The summed E-state index contributed by atoms with van der Waals surface area (Å²) in [6.45, 7) is 1.55. The van der Waals surface area contributed by atoms with E-state index in [-0.39, 0.29) is 5.56 Å². The minimum absolute atomic E-state index is 0.0645. The molecule has 0 saturated carbocycles. The molecule has 5 nitrogen and oxygen atoms in total.